The standard InChI is InChI=1S/C12H16N2O2S/c15-12(16)10-3-4-11(17-10)14-7-6-13-5-1-2-9(13)8-14/h3-4,9H,1-2,5-8H2,(H,15,16). The van der Waals surface area contributed by atoms with Gasteiger partial charge in [-0.15, -0.1) is 11.3 Å². The van der Waals surface area contributed by atoms with Crippen LogP contribution in [0.3, 0.4) is 0 Å². The number of thiophene rings is 1. The molecule has 1 unspecified atom stereocenters. The number of hydrogen-bond acceptors (Lipinski definition) is 4. The summed E-state index contributed by atoms with van der Waals surface area (Å²) in [5.74, 6) is -0.819. The summed E-state index contributed by atoms with van der Waals surface area (Å²) in [7, 11) is 0. The molecule has 2 fully saturated rings. The summed E-state index contributed by atoms with van der Waals surface area (Å²) < 4.78 is 0. The molecule has 4 nitrogen and oxygen atoms in total. The Labute approximate surface area is 104 Å². The number of aromatic carboxylic acids is 1. The highest BCUT2D eigenvalue weighted by atomic mass is 32.1. The molecule has 2 saturated heterocycles. The first-order valence-electron chi connectivity index (χ1n) is 6.06. The predicted molar refractivity (Wildman–Crippen MR) is 68.1 cm³/mol. The average molecular weight is 252 g/mol. The molecule has 1 aromatic rings. The van der Waals surface area contributed by atoms with Crippen molar-refractivity contribution in [3.63, 3.8) is 0 Å². The monoisotopic (exact) mass is 252 g/mol. The molecule has 0 bridgehead atoms. The highest BCUT2D eigenvalue weighted by Crippen LogP contribution is 2.30. The van der Waals surface area contributed by atoms with Crippen LogP contribution in [0.25, 0.3) is 0 Å². The Bertz CT molecular complexity index is 432. The molecule has 0 radical (unpaired) electrons. The molecular formula is C12H16N2O2S. The number of piperazine rings is 1. The van der Waals surface area contributed by atoms with E-state index in [4.69, 9.17) is 5.11 Å². The summed E-state index contributed by atoms with van der Waals surface area (Å²) >= 11 is 1.39. The Balaban J connectivity index is 1.73. The minimum absolute atomic E-state index is 0.439. The van der Waals surface area contributed by atoms with Gasteiger partial charge in [0.05, 0.1) is 5.00 Å². The van der Waals surface area contributed by atoms with Crippen molar-refractivity contribution in [1.29, 1.82) is 0 Å². The zero-order chi connectivity index (χ0) is 11.8. The van der Waals surface area contributed by atoms with Crippen LogP contribution in [-0.4, -0.2) is 48.2 Å². The van der Waals surface area contributed by atoms with Crippen molar-refractivity contribution in [2.75, 3.05) is 31.1 Å². The lowest BCUT2D eigenvalue weighted by Gasteiger charge is -2.38. The number of carboxylic acids is 1. The molecule has 2 aliphatic heterocycles. The summed E-state index contributed by atoms with van der Waals surface area (Å²) in [6, 6.07) is 4.33. The average Bonchev–Trinajstić information content (AvgIpc) is 2.97. The van der Waals surface area contributed by atoms with E-state index in [9.17, 15) is 4.79 Å². The van der Waals surface area contributed by atoms with Crippen LogP contribution >= 0.6 is 11.3 Å². The minimum atomic E-state index is -0.819. The Morgan fingerprint density at radius 3 is 3.00 bits per heavy atom. The fourth-order valence-corrected chi connectivity index (χ4v) is 3.68. The van der Waals surface area contributed by atoms with Crippen LogP contribution in [0, 0.1) is 0 Å². The van der Waals surface area contributed by atoms with Gasteiger partial charge in [-0.25, -0.2) is 4.79 Å². The molecule has 3 rings (SSSR count). The van der Waals surface area contributed by atoms with E-state index in [1.807, 2.05) is 6.07 Å². The van der Waals surface area contributed by atoms with Crippen LogP contribution in [0.5, 0.6) is 0 Å². The molecule has 0 spiro atoms. The first-order chi connectivity index (χ1) is 8.24. The van der Waals surface area contributed by atoms with Crippen LogP contribution in [0.1, 0.15) is 22.5 Å². The molecule has 1 N–H and O–H groups in total. The van der Waals surface area contributed by atoms with Crippen molar-refractivity contribution in [3.05, 3.63) is 17.0 Å². The molecular weight excluding hydrogens is 236 g/mol. The van der Waals surface area contributed by atoms with Crippen molar-refractivity contribution in [2.24, 2.45) is 0 Å². The van der Waals surface area contributed by atoms with Crippen molar-refractivity contribution in [1.82, 2.24) is 4.90 Å². The maximum absolute atomic E-state index is 10.9. The van der Waals surface area contributed by atoms with Gasteiger partial charge in [0.1, 0.15) is 4.88 Å². The highest BCUT2D eigenvalue weighted by molar-refractivity contribution is 7.17. The fourth-order valence-electron chi connectivity index (χ4n) is 2.80. The number of carbonyl (C=O) groups is 1. The van der Waals surface area contributed by atoms with Gasteiger partial charge in [-0.3, -0.25) is 4.90 Å². The number of hydrogen-bond donors (Lipinski definition) is 1. The quantitative estimate of drug-likeness (QED) is 0.870. The van der Waals surface area contributed by atoms with Crippen molar-refractivity contribution in [3.8, 4) is 0 Å². The molecule has 17 heavy (non-hydrogen) atoms. The molecule has 0 aliphatic carbocycles. The Morgan fingerprint density at radius 2 is 2.24 bits per heavy atom. The third kappa shape index (κ3) is 2.05. The summed E-state index contributed by atoms with van der Waals surface area (Å²) in [5.41, 5.74) is 0. The summed E-state index contributed by atoms with van der Waals surface area (Å²) in [5, 5.41) is 10.0. The Kier molecular flexibility index (Phi) is 2.80. The van der Waals surface area contributed by atoms with Gasteiger partial charge < -0.3 is 10.0 Å². The summed E-state index contributed by atoms with van der Waals surface area (Å²) in [4.78, 5) is 16.2. The summed E-state index contributed by atoms with van der Waals surface area (Å²) in [6.07, 6.45) is 2.59. The third-order valence-corrected chi connectivity index (χ3v) is 4.84. The second-order valence-corrected chi connectivity index (χ2v) is 5.78. The number of anilines is 1. The largest absolute Gasteiger partial charge is 0.477 e. The fraction of sp³-hybridized carbons (Fsp3) is 0.583. The maximum Gasteiger partial charge on any atom is 0.345 e. The van der Waals surface area contributed by atoms with E-state index < -0.39 is 5.97 Å². The smallest absolute Gasteiger partial charge is 0.345 e. The molecule has 3 heterocycles. The molecule has 0 saturated carbocycles. The third-order valence-electron chi connectivity index (χ3n) is 3.70. The highest BCUT2D eigenvalue weighted by Gasteiger charge is 2.31. The molecule has 2 aliphatic rings. The number of nitrogens with zero attached hydrogens (tertiary/aromatic N) is 2. The van der Waals surface area contributed by atoms with E-state index in [2.05, 4.69) is 9.80 Å². The van der Waals surface area contributed by atoms with E-state index in [0.717, 1.165) is 24.6 Å². The van der Waals surface area contributed by atoms with Gasteiger partial charge >= 0.3 is 5.97 Å². The van der Waals surface area contributed by atoms with Gasteiger partial charge in [0.15, 0.2) is 0 Å². The molecule has 0 aromatic carbocycles. The Hall–Kier alpha value is -1.07. The predicted octanol–water partition coefficient (Wildman–Crippen LogP) is 1.73. The van der Waals surface area contributed by atoms with Gasteiger partial charge in [-0.2, -0.15) is 0 Å². The summed E-state index contributed by atoms with van der Waals surface area (Å²) in [6.45, 7) is 4.43. The second kappa shape index (κ2) is 4.31. The lowest BCUT2D eigenvalue weighted by molar-refractivity contribution is 0.0702. The molecule has 1 atom stereocenters. The number of rotatable bonds is 2. The van der Waals surface area contributed by atoms with Crippen molar-refractivity contribution in [2.45, 2.75) is 18.9 Å². The topological polar surface area (TPSA) is 43.8 Å². The van der Waals surface area contributed by atoms with Gasteiger partial charge in [-0.05, 0) is 31.5 Å². The molecule has 0 amide bonds. The zero-order valence-electron chi connectivity index (χ0n) is 9.63. The minimum Gasteiger partial charge on any atom is -0.477 e. The number of carboxylic acid groups (broad SMARTS) is 1. The normalized spacial score (nSPS) is 24.9. The molecule has 5 heteroatoms. The van der Waals surface area contributed by atoms with Crippen molar-refractivity contribution >= 4 is 22.3 Å². The lowest BCUT2D eigenvalue weighted by Crippen LogP contribution is -2.49. The van der Waals surface area contributed by atoms with Gasteiger partial charge in [-0.1, -0.05) is 0 Å². The van der Waals surface area contributed by atoms with E-state index >= 15 is 0 Å². The SMILES string of the molecule is O=C(O)c1ccc(N2CCN3CCCC3C2)s1. The molecule has 1 aromatic heterocycles. The van der Waals surface area contributed by atoms with E-state index in [1.54, 1.807) is 6.07 Å². The first-order valence-corrected chi connectivity index (χ1v) is 6.88. The zero-order valence-corrected chi connectivity index (χ0v) is 10.4. The second-order valence-electron chi connectivity index (χ2n) is 4.72. The van der Waals surface area contributed by atoms with Crippen LogP contribution in [0.2, 0.25) is 0 Å². The maximum atomic E-state index is 10.9. The van der Waals surface area contributed by atoms with Crippen molar-refractivity contribution < 1.29 is 9.90 Å². The van der Waals surface area contributed by atoms with Crippen LogP contribution in [-0.2, 0) is 0 Å². The van der Waals surface area contributed by atoms with E-state index in [-0.39, 0.29) is 0 Å². The van der Waals surface area contributed by atoms with Crippen LogP contribution in [0.4, 0.5) is 5.00 Å². The van der Waals surface area contributed by atoms with Gasteiger partial charge in [0.25, 0.3) is 0 Å². The van der Waals surface area contributed by atoms with Gasteiger partial charge in [0.2, 0.25) is 0 Å². The Morgan fingerprint density at radius 1 is 1.35 bits per heavy atom. The van der Waals surface area contributed by atoms with Gasteiger partial charge in [0, 0.05) is 25.7 Å². The lowest BCUT2D eigenvalue weighted by atomic mass is 10.1. The van der Waals surface area contributed by atoms with E-state index in [0.29, 0.717) is 10.9 Å². The molecule has 92 valence electrons. The number of fused-ring (bicyclic) bond motifs is 1. The first kappa shape index (κ1) is 11.0. The van der Waals surface area contributed by atoms with Crippen LogP contribution in [0.15, 0.2) is 12.1 Å². The van der Waals surface area contributed by atoms with Crippen LogP contribution < -0.4 is 4.90 Å². The van der Waals surface area contributed by atoms with E-state index in [1.165, 1.54) is 30.7 Å².